The van der Waals surface area contributed by atoms with Crippen LogP contribution in [0.25, 0.3) is 0 Å². The summed E-state index contributed by atoms with van der Waals surface area (Å²) in [7, 11) is 0. The number of nitrogens with two attached hydrogens (primary N) is 1. The quantitative estimate of drug-likeness (QED) is 0.629. The second-order valence-corrected chi connectivity index (χ2v) is 3.25. The summed E-state index contributed by atoms with van der Waals surface area (Å²) in [6, 6.07) is 3.91. The number of alkyl halides is 3. The van der Waals surface area contributed by atoms with Gasteiger partial charge in [-0.25, -0.2) is 4.99 Å². The molecule has 0 bridgehead atoms. The van der Waals surface area contributed by atoms with Crippen LogP contribution in [0.15, 0.2) is 23.2 Å². The number of aryl methyl sites for hydroxylation is 1. The average molecular weight is 232 g/mol. The maximum Gasteiger partial charge on any atom is 0.573 e. The largest absolute Gasteiger partial charge is 0.573 e. The lowest BCUT2D eigenvalue weighted by atomic mass is 10.2. The van der Waals surface area contributed by atoms with Crippen molar-refractivity contribution in [2.45, 2.75) is 20.2 Å². The van der Waals surface area contributed by atoms with E-state index >= 15 is 0 Å². The highest BCUT2D eigenvalue weighted by Gasteiger charge is 2.31. The van der Waals surface area contributed by atoms with Crippen LogP contribution < -0.4 is 10.5 Å². The molecule has 0 atom stereocenters. The normalized spacial score (nSPS) is 12.7. The van der Waals surface area contributed by atoms with Crippen LogP contribution >= 0.6 is 0 Å². The van der Waals surface area contributed by atoms with Crippen molar-refractivity contribution in [3.8, 4) is 5.75 Å². The number of hydrogen-bond acceptors (Lipinski definition) is 2. The first kappa shape index (κ1) is 12.4. The minimum atomic E-state index is -4.70. The number of amidine groups is 1. The molecule has 0 radical (unpaired) electrons. The van der Waals surface area contributed by atoms with Gasteiger partial charge in [0.2, 0.25) is 0 Å². The highest BCUT2D eigenvalue weighted by atomic mass is 19.4. The van der Waals surface area contributed by atoms with Crippen LogP contribution in [0.1, 0.15) is 12.5 Å². The Morgan fingerprint density at radius 1 is 1.38 bits per heavy atom. The molecular formula is C10H11F3N2O. The molecule has 0 aromatic heterocycles. The Balaban J connectivity index is 3.03. The number of benzene rings is 1. The van der Waals surface area contributed by atoms with Crippen LogP contribution in [-0.2, 0) is 0 Å². The smallest absolute Gasteiger partial charge is 0.406 e. The van der Waals surface area contributed by atoms with E-state index in [9.17, 15) is 13.2 Å². The minimum absolute atomic E-state index is 0.271. The van der Waals surface area contributed by atoms with Gasteiger partial charge in [-0.2, -0.15) is 0 Å². The SMILES string of the molecule is CC(N)=Nc1cc(OC(F)(F)F)ccc1C. The van der Waals surface area contributed by atoms with Gasteiger partial charge < -0.3 is 10.5 Å². The Labute approximate surface area is 90.7 Å². The summed E-state index contributed by atoms with van der Waals surface area (Å²) in [6.45, 7) is 3.27. The van der Waals surface area contributed by atoms with Gasteiger partial charge in [0.05, 0.1) is 11.5 Å². The van der Waals surface area contributed by atoms with E-state index in [4.69, 9.17) is 5.73 Å². The topological polar surface area (TPSA) is 47.6 Å². The summed E-state index contributed by atoms with van der Waals surface area (Å²) < 4.78 is 39.6. The van der Waals surface area contributed by atoms with Crippen molar-refractivity contribution in [3.05, 3.63) is 23.8 Å². The van der Waals surface area contributed by atoms with Crippen LogP contribution in [0, 0.1) is 6.92 Å². The first-order valence-corrected chi connectivity index (χ1v) is 4.45. The van der Waals surface area contributed by atoms with Crippen molar-refractivity contribution in [3.63, 3.8) is 0 Å². The van der Waals surface area contributed by atoms with Crippen molar-refractivity contribution in [2.75, 3.05) is 0 Å². The zero-order valence-corrected chi connectivity index (χ0v) is 8.80. The van der Waals surface area contributed by atoms with Gasteiger partial charge in [-0.3, -0.25) is 0 Å². The lowest BCUT2D eigenvalue weighted by molar-refractivity contribution is -0.274. The maximum absolute atomic E-state index is 12.0. The zero-order chi connectivity index (χ0) is 12.3. The van der Waals surface area contributed by atoms with Crippen molar-refractivity contribution in [1.29, 1.82) is 0 Å². The molecule has 6 heteroatoms. The molecule has 16 heavy (non-hydrogen) atoms. The first-order valence-electron chi connectivity index (χ1n) is 4.45. The van der Waals surface area contributed by atoms with E-state index in [1.165, 1.54) is 18.2 Å². The number of aliphatic imine (C=N–C) groups is 1. The highest BCUT2D eigenvalue weighted by Crippen LogP contribution is 2.28. The summed E-state index contributed by atoms with van der Waals surface area (Å²) in [6.07, 6.45) is -4.70. The molecule has 88 valence electrons. The number of nitrogens with zero attached hydrogens (tertiary/aromatic N) is 1. The summed E-state index contributed by atoms with van der Waals surface area (Å²) in [5, 5.41) is 0. The molecule has 3 nitrogen and oxygen atoms in total. The van der Waals surface area contributed by atoms with Gasteiger partial charge >= 0.3 is 6.36 Å². The Morgan fingerprint density at radius 3 is 2.50 bits per heavy atom. The number of halogens is 3. The Morgan fingerprint density at radius 2 is 2.00 bits per heavy atom. The molecule has 1 rings (SSSR count). The molecule has 0 saturated heterocycles. The van der Waals surface area contributed by atoms with E-state index in [-0.39, 0.29) is 11.6 Å². The summed E-state index contributed by atoms with van der Waals surface area (Å²) in [5.41, 5.74) is 6.44. The third-order valence-corrected chi connectivity index (χ3v) is 1.71. The molecule has 0 heterocycles. The van der Waals surface area contributed by atoms with E-state index in [1.807, 2.05) is 0 Å². The predicted octanol–water partition coefficient (Wildman–Crippen LogP) is 2.90. The first-order chi connectivity index (χ1) is 7.28. The van der Waals surface area contributed by atoms with Crippen LogP contribution in [-0.4, -0.2) is 12.2 Å². The number of ether oxygens (including phenoxy) is 1. The van der Waals surface area contributed by atoms with Gasteiger partial charge in [0.15, 0.2) is 0 Å². The van der Waals surface area contributed by atoms with E-state index in [0.717, 1.165) is 5.56 Å². The monoisotopic (exact) mass is 232 g/mol. The van der Waals surface area contributed by atoms with Gasteiger partial charge in [0.1, 0.15) is 5.75 Å². The van der Waals surface area contributed by atoms with Gasteiger partial charge in [0.25, 0.3) is 0 Å². The van der Waals surface area contributed by atoms with E-state index in [0.29, 0.717) is 5.69 Å². The van der Waals surface area contributed by atoms with Crippen LogP contribution in [0.4, 0.5) is 18.9 Å². The standard InChI is InChI=1S/C10H11F3N2O/c1-6-3-4-8(16-10(11,12)13)5-9(6)15-7(2)14/h3-5H,1-2H3,(H2,14,15). The Bertz CT molecular complexity index is 409. The molecule has 0 fully saturated rings. The molecule has 0 spiro atoms. The summed E-state index contributed by atoms with van der Waals surface area (Å²) >= 11 is 0. The molecule has 0 aliphatic heterocycles. The third-order valence-electron chi connectivity index (χ3n) is 1.71. The molecule has 0 aliphatic rings. The van der Waals surface area contributed by atoms with Gasteiger partial charge in [-0.15, -0.1) is 13.2 Å². The van der Waals surface area contributed by atoms with E-state index in [1.54, 1.807) is 13.8 Å². The summed E-state index contributed by atoms with van der Waals surface area (Å²) in [5.74, 6) is -0.0367. The fraction of sp³-hybridized carbons (Fsp3) is 0.300. The molecular weight excluding hydrogens is 221 g/mol. The lowest BCUT2D eigenvalue weighted by Crippen LogP contribution is -2.17. The van der Waals surface area contributed by atoms with Gasteiger partial charge in [-0.1, -0.05) is 6.07 Å². The molecule has 0 amide bonds. The summed E-state index contributed by atoms with van der Waals surface area (Å²) in [4.78, 5) is 3.90. The molecule has 2 N–H and O–H groups in total. The predicted molar refractivity (Wildman–Crippen MR) is 54.8 cm³/mol. The molecule has 1 aromatic carbocycles. The fourth-order valence-corrected chi connectivity index (χ4v) is 1.10. The van der Waals surface area contributed by atoms with E-state index in [2.05, 4.69) is 9.73 Å². The van der Waals surface area contributed by atoms with Crippen molar-refractivity contribution >= 4 is 11.5 Å². The highest BCUT2D eigenvalue weighted by molar-refractivity contribution is 5.81. The minimum Gasteiger partial charge on any atom is -0.406 e. The van der Waals surface area contributed by atoms with E-state index < -0.39 is 6.36 Å². The maximum atomic E-state index is 12.0. The van der Waals surface area contributed by atoms with Crippen LogP contribution in [0.3, 0.4) is 0 Å². The molecule has 0 aliphatic carbocycles. The van der Waals surface area contributed by atoms with Crippen molar-refractivity contribution in [2.24, 2.45) is 10.7 Å². The Kier molecular flexibility index (Phi) is 3.41. The number of rotatable bonds is 2. The van der Waals surface area contributed by atoms with Crippen LogP contribution in [0.5, 0.6) is 5.75 Å². The van der Waals surface area contributed by atoms with Gasteiger partial charge in [-0.05, 0) is 25.5 Å². The van der Waals surface area contributed by atoms with Crippen molar-refractivity contribution in [1.82, 2.24) is 0 Å². The third kappa shape index (κ3) is 3.80. The molecule has 0 saturated carbocycles. The second kappa shape index (κ2) is 4.42. The lowest BCUT2D eigenvalue weighted by Gasteiger charge is -2.10. The van der Waals surface area contributed by atoms with Crippen molar-refractivity contribution < 1.29 is 17.9 Å². The fourth-order valence-electron chi connectivity index (χ4n) is 1.10. The van der Waals surface area contributed by atoms with Crippen LogP contribution in [0.2, 0.25) is 0 Å². The van der Waals surface area contributed by atoms with Gasteiger partial charge in [0, 0.05) is 6.07 Å². The Hall–Kier alpha value is -1.72. The molecule has 0 unspecified atom stereocenters. The number of hydrogen-bond donors (Lipinski definition) is 1. The zero-order valence-electron chi connectivity index (χ0n) is 8.80. The molecule has 1 aromatic rings. The average Bonchev–Trinajstić information content (AvgIpc) is 2.07. The second-order valence-electron chi connectivity index (χ2n) is 3.25.